The molecule has 1 fully saturated rings. The molecular formula is C16H24O2. The Morgan fingerprint density at radius 2 is 1.89 bits per heavy atom. The van der Waals surface area contributed by atoms with Crippen molar-refractivity contribution >= 4 is 0 Å². The minimum Gasteiger partial charge on any atom is -0.490 e. The smallest absolute Gasteiger partial charge is 0.119 e. The zero-order chi connectivity index (χ0) is 13.0. The molecule has 0 bridgehead atoms. The van der Waals surface area contributed by atoms with Crippen LogP contribution in [0.3, 0.4) is 0 Å². The molecule has 3 atom stereocenters. The highest BCUT2D eigenvalue weighted by Crippen LogP contribution is 2.30. The zero-order valence-corrected chi connectivity index (χ0v) is 11.4. The van der Waals surface area contributed by atoms with Crippen molar-refractivity contribution in [1.82, 2.24) is 0 Å². The van der Waals surface area contributed by atoms with E-state index in [2.05, 4.69) is 6.92 Å². The second kappa shape index (κ2) is 6.24. The third-order valence-electron chi connectivity index (χ3n) is 4.01. The van der Waals surface area contributed by atoms with Crippen molar-refractivity contribution in [2.45, 2.75) is 58.2 Å². The van der Waals surface area contributed by atoms with Gasteiger partial charge in [0, 0.05) is 0 Å². The van der Waals surface area contributed by atoms with Crippen molar-refractivity contribution in [1.29, 1.82) is 0 Å². The van der Waals surface area contributed by atoms with E-state index in [1.807, 2.05) is 24.3 Å². The summed E-state index contributed by atoms with van der Waals surface area (Å²) in [6.45, 7) is 4.03. The number of hydrogen-bond acceptors (Lipinski definition) is 2. The van der Waals surface area contributed by atoms with Gasteiger partial charge in [-0.1, -0.05) is 25.5 Å². The molecule has 1 aromatic rings. The molecule has 1 aromatic carbocycles. The predicted octanol–water partition coefficient (Wildman–Crippen LogP) is 4.09. The topological polar surface area (TPSA) is 29.5 Å². The molecule has 0 saturated heterocycles. The summed E-state index contributed by atoms with van der Waals surface area (Å²) in [5, 5.41) is 9.48. The van der Waals surface area contributed by atoms with E-state index in [0.29, 0.717) is 12.0 Å². The van der Waals surface area contributed by atoms with Crippen molar-refractivity contribution in [3.8, 4) is 5.75 Å². The average molecular weight is 248 g/mol. The van der Waals surface area contributed by atoms with Crippen LogP contribution >= 0.6 is 0 Å². The first-order valence-corrected chi connectivity index (χ1v) is 7.15. The van der Waals surface area contributed by atoms with Gasteiger partial charge in [-0.3, -0.25) is 0 Å². The standard InChI is InChI=1S/C16H24O2/c1-3-13-6-4-5-7-16(13)18-15-10-8-14(9-11-15)12(2)17/h8-13,16-17H,3-7H2,1-2H3/t12-,13?,16?/m1/s1. The Bertz CT molecular complexity index is 356. The Morgan fingerprint density at radius 1 is 1.22 bits per heavy atom. The quantitative estimate of drug-likeness (QED) is 0.869. The van der Waals surface area contributed by atoms with Crippen LogP contribution in [-0.2, 0) is 0 Å². The van der Waals surface area contributed by atoms with Crippen LogP contribution in [0.15, 0.2) is 24.3 Å². The summed E-state index contributed by atoms with van der Waals surface area (Å²) in [4.78, 5) is 0. The van der Waals surface area contributed by atoms with Crippen LogP contribution in [0.1, 0.15) is 57.6 Å². The Morgan fingerprint density at radius 3 is 2.50 bits per heavy atom. The molecule has 1 N–H and O–H groups in total. The van der Waals surface area contributed by atoms with Crippen LogP contribution in [0, 0.1) is 5.92 Å². The largest absolute Gasteiger partial charge is 0.490 e. The first-order valence-electron chi connectivity index (χ1n) is 7.15. The summed E-state index contributed by atoms with van der Waals surface area (Å²) in [5.41, 5.74) is 0.943. The molecule has 0 amide bonds. The molecule has 1 aliphatic rings. The maximum Gasteiger partial charge on any atom is 0.119 e. The predicted molar refractivity (Wildman–Crippen MR) is 73.7 cm³/mol. The molecule has 2 rings (SSSR count). The lowest BCUT2D eigenvalue weighted by Gasteiger charge is -2.31. The van der Waals surface area contributed by atoms with E-state index in [4.69, 9.17) is 4.74 Å². The van der Waals surface area contributed by atoms with Crippen LogP contribution in [0.25, 0.3) is 0 Å². The lowest BCUT2D eigenvalue weighted by atomic mass is 9.85. The van der Waals surface area contributed by atoms with E-state index >= 15 is 0 Å². The van der Waals surface area contributed by atoms with E-state index in [-0.39, 0.29) is 0 Å². The van der Waals surface area contributed by atoms with Gasteiger partial charge in [-0.05, 0) is 56.2 Å². The molecule has 1 aliphatic carbocycles. The molecule has 0 aromatic heterocycles. The van der Waals surface area contributed by atoms with Crippen LogP contribution in [-0.4, -0.2) is 11.2 Å². The molecule has 100 valence electrons. The van der Waals surface area contributed by atoms with E-state index in [1.54, 1.807) is 6.92 Å². The fourth-order valence-electron chi connectivity index (χ4n) is 2.80. The minimum absolute atomic E-state index is 0.376. The Balaban J connectivity index is 1.99. The molecular weight excluding hydrogens is 224 g/mol. The summed E-state index contributed by atoms with van der Waals surface area (Å²) in [6.07, 6.45) is 6.28. The number of hydrogen-bond donors (Lipinski definition) is 1. The van der Waals surface area contributed by atoms with Gasteiger partial charge in [0.2, 0.25) is 0 Å². The summed E-state index contributed by atoms with van der Waals surface area (Å²) >= 11 is 0. The van der Waals surface area contributed by atoms with E-state index in [1.165, 1.54) is 32.1 Å². The van der Waals surface area contributed by atoms with Crippen LogP contribution in [0.2, 0.25) is 0 Å². The van der Waals surface area contributed by atoms with Gasteiger partial charge in [0.1, 0.15) is 11.9 Å². The van der Waals surface area contributed by atoms with E-state index in [0.717, 1.165) is 11.3 Å². The van der Waals surface area contributed by atoms with Gasteiger partial charge in [-0.25, -0.2) is 0 Å². The molecule has 2 heteroatoms. The van der Waals surface area contributed by atoms with Crippen molar-refractivity contribution < 1.29 is 9.84 Å². The summed E-state index contributed by atoms with van der Waals surface area (Å²) in [6, 6.07) is 7.85. The van der Waals surface area contributed by atoms with Crippen molar-refractivity contribution in [3.63, 3.8) is 0 Å². The third-order valence-corrected chi connectivity index (χ3v) is 4.01. The number of rotatable bonds is 4. The maximum absolute atomic E-state index is 9.48. The van der Waals surface area contributed by atoms with E-state index in [9.17, 15) is 5.11 Å². The van der Waals surface area contributed by atoms with Crippen molar-refractivity contribution in [3.05, 3.63) is 29.8 Å². The highest BCUT2D eigenvalue weighted by molar-refractivity contribution is 5.28. The number of aliphatic hydroxyl groups is 1. The zero-order valence-electron chi connectivity index (χ0n) is 11.4. The summed E-state index contributed by atoms with van der Waals surface area (Å²) in [7, 11) is 0. The lowest BCUT2D eigenvalue weighted by Crippen LogP contribution is -2.29. The van der Waals surface area contributed by atoms with Gasteiger partial charge < -0.3 is 9.84 Å². The normalized spacial score (nSPS) is 25.7. The molecule has 2 unspecified atom stereocenters. The molecule has 18 heavy (non-hydrogen) atoms. The van der Waals surface area contributed by atoms with Gasteiger partial charge in [0.15, 0.2) is 0 Å². The molecule has 0 radical (unpaired) electrons. The first kappa shape index (κ1) is 13.4. The molecule has 0 spiro atoms. The first-order chi connectivity index (χ1) is 8.70. The fraction of sp³-hybridized carbons (Fsp3) is 0.625. The Labute approximate surface area is 110 Å². The second-order valence-corrected chi connectivity index (χ2v) is 5.35. The van der Waals surface area contributed by atoms with Gasteiger partial charge >= 0.3 is 0 Å². The Hall–Kier alpha value is -1.02. The van der Waals surface area contributed by atoms with Crippen LogP contribution < -0.4 is 4.74 Å². The second-order valence-electron chi connectivity index (χ2n) is 5.35. The molecule has 2 nitrogen and oxygen atoms in total. The fourth-order valence-corrected chi connectivity index (χ4v) is 2.80. The number of aliphatic hydroxyl groups excluding tert-OH is 1. The third kappa shape index (κ3) is 3.26. The summed E-state index contributed by atoms with van der Waals surface area (Å²) < 4.78 is 6.11. The van der Waals surface area contributed by atoms with Crippen molar-refractivity contribution in [2.24, 2.45) is 5.92 Å². The molecule has 1 saturated carbocycles. The van der Waals surface area contributed by atoms with Gasteiger partial charge in [-0.15, -0.1) is 0 Å². The van der Waals surface area contributed by atoms with Crippen LogP contribution in [0.4, 0.5) is 0 Å². The molecule has 0 aliphatic heterocycles. The molecule has 0 heterocycles. The van der Waals surface area contributed by atoms with Gasteiger partial charge in [-0.2, -0.15) is 0 Å². The SMILES string of the molecule is CCC1CCCCC1Oc1ccc([C@@H](C)O)cc1. The van der Waals surface area contributed by atoms with Gasteiger partial charge in [0.05, 0.1) is 6.10 Å². The average Bonchev–Trinajstić information content (AvgIpc) is 2.40. The highest BCUT2D eigenvalue weighted by atomic mass is 16.5. The van der Waals surface area contributed by atoms with Crippen LogP contribution in [0.5, 0.6) is 5.75 Å². The number of benzene rings is 1. The monoisotopic (exact) mass is 248 g/mol. The number of ether oxygens (including phenoxy) is 1. The van der Waals surface area contributed by atoms with Gasteiger partial charge in [0.25, 0.3) is 0 Å². The maximum atomic E-state index is 9.48. The summed E-state index contributed by atoms with van der Waals surface area (Å²) in [5.74, 6) is 1.64. The highest BCUT2D eigenvalue weighted by Gasteiger charge is 2.25. The Kier molecular flexibility index (Phi) is 4.65. The van der Waals surface area contributed by atoms with E-state index < -0.39 is 6.10 Å². The lowest BCUT2D eigenvalue weighted by molar-refractivity contribution is 0.0903. The van der Waals surface area contributed by atoms with Crippen molar-refractivity contribution in [2.75, 3.05) is 0 Å². The minimum atomic E-state index is -0.405.